The Morgan fingerprint density at radius 3 is 2.36 bits per heavy atom. The number of nitrogens with zero attached hydrogens (tertiary/aromatic N) is 6. The number of aromatic nitrogens is 4. The van der Waals surface area contributed by atoms with Crippen LogP contribution in [-0.2, 0) is 9.53 Å². The zero-order chi connectivity index (χ0) is 25.1. The van der Waals surface area contributed by atoms with Crippen molar-refractivity contribution >= 4 is 17.8 Å². The van der Waals surface area contributed by atoms with Gasteiger partial charge in [-0.05, 0) is 44.2 Å². The smallest absolute Gasteiger partial charge is 0.342 e. The van der Waals surface area contributed by atoms with Crippen LogP contribution in [-0.4, -0.2) is 68.8 Å². The summed E-state index contributed by atoms with van der Waals surface area (Å²) >= 11 is 0. The van der Waals surface area contributed by atoms with Crippen LogP contribution in [0.25, 0.3) is 17.1 Å². The molecule has 0 radical (unpaired) electrons. The molecule has 5 rings (SSSR count). The number of carbonyl (C=O) groups excluding carboxylic acids is 2. The summed E-state index contributed by atoms with van der Waals surface area (Å²) in [5.74, 6) is 0.899. The van der Waals surface area contributed by atoms with Crippen molar-refractivity contribution in [2.24, 2.45) is 0 Å². The van der Waals surface area contributed by atoms with Crippen LogP contribution in [0.3, 0.4) is 0 Å². The highest BCUT2D eigenvalue weighted by atomic mass is 16.5. The molecule has 1 aliphatic rings. The number of esters is 1. The molecule has 1 aliphatic heterocycles. The van der Waals surface area contributed by atoms with Crippen molar-refractivity contribution in [3.05, 3.63) is 78.4 Å². The Kier molecular flexibility index (Phi) is 6.48. The van der Waals surface area contributed by atoms with E-state index in [1.54, 1.807) is 53.3 Å². The van der Waals surface area contributed by atoms with E-state index in [4.69, 9.17) is 9.15 Å². The number of piperazine rings is 1. The van der Waals surface area contributed by atoms with Crippen LogP contribution in [0.5, 0.6) is 0 Å². The highest BCUT2D eigenvalue weighted by molar-refractivity contribution is 5.97. The van der Waals surface area contributed by atoms with E-state index in [2.05, 4.69) is 15.1 Å². The zero-order valence-electron chi connectivity index (χ0n) is 20.1. The fraction of sp³-hybridized carbons (Fsp3) is 0.269. The zero-order valence-corrected chi connectivity index (χ0v) is 20.1. The van der Waals surface area contributed by atoms with Crippen molar-refractivity contribution in [3.8, 4) is 17.1 Å². The molecule has 0 N–H and O–H groups in total. The molecule has 10 heteroatoms. The summed E-state index contributed by atoms with van der Waals surface area (Å²) in [6.45, 7) is 5.58. The van der Waals surface area contributed by atoms with Crippen LogP contribution in [0, 0.1) is 6.92 Å². The van der Waals surface area contributed by atoms with E-state index in [9.17, 15) is 9.59 Å². The van der Waals surface area contributed by atoms with Gasteiger partial charge in [0.15, 0.2) is 11.9 Å². The summed E-state index contributed by atoms with van der Waals surface area (Å²) in [6, 6.07) is 14.8. The molecule has 1 unspecified atom stereocenters. The fourth-order valence-corrected chi connectivity index (χ4v) is 4.09. The van der Waals surface area contributed by atoms with Crippen molar-refractivity contribution in [2.45, 2.75) is 20.0 Å². The summed E-state index contributed by atoms with van der Waals surface area (Å²) in [7, 11) is 0. The Bertz CT molecular complexity index is 1340. The van der Waals surface area contributed by atoms with E-state index in [1.165, 1.54) is 0 Å². The lowest BCUT2D eigenvalue weighted by Gasteiger charge is -2.35. The van der Waals surface area contributed by atoms with E-state index in [-0.39, 0.29) is 11.5 Å². The lowest BCUT2D eigenvalue weighted by Crippen LogP contribution is -2.52. The molecule has 1 aromatic carbocycles. The van der Waals surface area contributed by atoms with Gasteiger partial charge in [0, 0.05) is 44.8 Å². The Morgan fingerprint density at radius 2 is 1.69 bits per heavy atom. The lowest BCUT2D eigenvalue weighted by atomic mass is 10.2. The quantitative estimate of drug-likeness (QED) is 0.383. The average Bonchev–Trinajstić information content (AvgIpc) is 3.56. The molecular weight excluding hydrogens is 460 g/mol. The van der Waals surface area contributed by atoms with Gasteiger partial charge >= 0.3 is 5.97 Å². The van der Waals surface area contributed by atoms with Gasteiger partial charge in [0.25, 0.3) is 5.91 Å². The maximum atomic E-state index is 13.2. The number of para-hydroxylation sites is 1. The van der Waals surface area contributed by atoms with E-state index >= 15 is 0 Å². The van der Waals surface area contributed by atoms with Crippen LogP contribution in [0.1, 0.15) is 23.0 Å². The molecule has 0 saturated carbocycles. The van der Waals surface area contributed by atoms with Gasteiger partial charge in [0.2, 0.25) is 5.95 Å². The minimum Gasteiger partial charge on any atom is -0.460 e. The minimum atomic E-state index is -0.955. The number of hydrogen-bond acceptors (Lipinski definition) is 8. The molecule has 0 spiro atoms. The monoisotopic (exact) mass is 486 g/mol. The van der Waals surface area contributed by atoms with Gasteiger partial charge in [-0.25, -0.2) is 19.4 Å². The number of hydrogen-bond donors (Lipinski definition) is 0. The van der Waals surface area contributed by atoms with Gasteiger partial charge in [-0.3, -0.25) is 4.79 Å². The second-order valence-electron chi connectivity index (χ2n) is 8.49. The number of benzene rings is 1. The molecule has 184 valence electrons. The van der Waals surface area contributed by atoms with Gasteiger partial charge in [-0.2, -0.15) is 5.10 Å². The second kappa shape index (κ2) is 10.0. The Morgan fingerprint density at radius 1 is 0.972 bits per heavy atom. The van der Waals surface area contributed by atoms with Crippen LogP contribution in [0.2, 0.25) is 0 Å². The summed E-state index contributed by atoms with van der Waals surface area (Å²) in [5.41, 5.74) is 1.36. The lowest BCUT2D eigenvalue weighted by molar-refractivity contribution is -0.140. The van der Waals surface area contributed by atoms with Gasteiger partial charge in [0.05, 0.1) is 5.69 Å². The van der Waals surface area contributed by atoms with Gasteiger partial charge < -0.3 is 19.0 Å². The molecule has 1 saturated heterocycles. The summed E-state index contributed by atoms with van der Waals surface area (Å²) < 4.78 is 12.9. The van der Waals surface area contributed by atoms with Crippen LogP contribution >= 0.6 is 0 Å². The predicted molar refractivity (Wildman–Crippen MR) is 132 cm³/mol. The average molecular weight is 487 g/mol. The molecule has 0 bridgehead atoms. The first-order chi connectivity index (χ1) is 17.5. The largest absolute Gasteiger partial charge is 0.460 e. The molecule has 3 aromatic heterocycles. The van der Waals surface area contributed by atoms with Crippen LogP contribution in [0.4, 0.5) is 5.95 Å². The van der Waals surface area contributed by atoms with Gasteiger partial charge in [-0.1, -0.05) is 18.2 Å². The number of aryl methyl sites for hydroxylation is 1. The number of anilines is 1. The van der Waals surface area contributed by atoms with Crippen molar-refractivity contribution < 1.29 is 18.7 Å². The van der Waals surface area contributed by atoms with Crippen molar-refractivity contribution in [2.75, 3.05) is 31.1 Å². The van der Waals surface area contributed by atoms with E-state index in [0.717, 1.165) is 5.69 Å². The third kappa shape index (κ3) is 4.83. The summed E-state index contributed by atoms with van der Waals surface area (Å²) in [6.07, 6.45) is 4.03. The number of furan rings is 1. The minimum absolute atomic E-state index is 0.221. The summed E-state index contributed by atoms with van der Waals surface area (Å²) in [5, 5.41) is 4.57. The Labute approximate surface area is 208 Å². The summed E-state index contributed by atoms with van der Waals surface area (Å²) in [4.78, 5) is 38.5. The number of amides is 1. The molecule has 10 nitrogen and oxygen atoms in total. The number of ether oxygens (including phenoxy) is 1. The first kappa shape index (κ1) is 23.3. The highest BCUT2D eigenvalue weighted by Gasteiger charge is 2.30. The molecule has 1 amide bonds. The first-order valence-electron chi connectivity index (χ1n) is 11.7. The van der Waals surface area contributed by atoms with Crippen LogP contribution in [0.15, 0.2) is 71.5 Å². The van der Waals surface area contributed by atoms with E-state index in [0.29, 0.717) is 49.3 Å². The van der Waals surface area contributed by atoms with Gasteiger partial charge in [-0.15, -0.1) is 0 Å². The second-order valence-corrected chi connectivity index (χ2v) is 8.49. The molecule has 1 atom stereocenters. The van der Waals surface area contributed by atoms with Crippen molar-refractivity contribution in [1.82, 2.24) is 24.6 Å². The maximum Gasteiger partial charge on any atom is 0.342 e. The first-order valence-corrected chi connectivity index (χ1v) is 11.7. The van der Waals surface area contributed by atoms with Crippen LogP contribution < -0.4 is 4.90 Å². The third-order valence-corrected chi connectivity index (χ3v) is 5.99. The normalized spacial score (nSPS) is 14.5. The third-order valence-electron chi connectivity index (χ3n) is 5.99. The highest BCUT2D eigenvalue weighted by Crippen LogP contribution is 2.27. The van der Waals surface area contributed by atoms with Crippen molar-refractivity contribution in [1.29, 1.82) is 0 Å². The maximum absolute atomic E-state index is 13.2. The Hall–Kier alpha value is -4.47. The molecule has 0 aliphatic carbocycles. The standard InChI is InChI=1S/C26H26N6O4/c1-18-9-10-22(35-18)23-21(17-32(29-23)20-7-4-3-5-8-20)25(34)36-19(2)24(33)30-13-15-31(16-14-30)26-27-11-6-12-28-26/h3-12,17,19H,13-16H2,1-2H3. The predicted octanol–water partition coefficient (Wildman–Crippen LogP) is 3.12. The molecular formula is C26H26N6O4. The van der Waals surface area contributed by atoms with Gasteiger partial charge in [0.1, 0.15) is 17.0 Å². The molecule has 4 heterocycles. The van der Waals surface area contributed by atoms with E-state index < -0.39 is 12.1 Å². The number of carbonyl (C=O) groups is 2. The molecule has 4 aromatic rings. The topological polar surface area (TPSA) is 107 Å². The number of rotatable bonds is 6. The molecule has 36 heavy (non-hydrogen) atoms. The SMILES string of the molecule is Cc1ccc(-c2nn(-c3ccccc3)cc2C(=O)OC(C)C(=O)N2CCN(c3ncccn3)CC2)o1. The van der Waals surface area contributed by atoms with Crippen molar-refractivity contribution in [3.63, 3.8) is 0 Å². The van der Waals surface area contributed by atoms with E-state index in [1.807, 2.05) is 42.2 Å². The fourth-order valence-electron chi connectivity index (χ4n) is 4.09. The molecule has 1 fully saturated rings. The Balaban J connectivity index is 1.29.